The standard InChI is InChI=1S/C21H29N3O4S/c1-16(25)23-9-3-6-19(15-23)21(26)22-10-12-24(13-11-22)29(27,28)20-8-7-17-4-2-5-18(17)14-20/h7-8,14,19H,2-6,9-13,15H2,1H3/t19-/m1/s1. The monoisotopic (exact) mass is 419 g/mol. The van der Waals surface area contributed by atoms with Gasteiger partial charge >= 0.3 is 0 Å². The van der Waals surface area contributed by atoms with Gasteiger partial charge in [0.2, 0.25) is 21.8 Å². The summed E-state index contributed by atoms with van der Waals surface area (Å²) in [6, 6.07) is 5.49. The van der Waals surface area contributed by atoms with Crippen LogP contribution in [0.5, 0.6) is 0 Å². The van der Waals surface area contributed by atoms with Gasteiger partial charge in [-0.15, -0.1) is 0 Å². The molecule has 0 unspecified atom stereocenters. The molecule has 1 aliphatic carbocycles. The van der Waals surface area contributed by atoms with Gasteiger partial charge in [0, 0.05) is 46.2 Å². The van der Waals surface area contributed by atoms with E-state index >= 15 is 0 Å². The molecule has 29 heavy (non-hydrogen) atoms. The molecule has 7 nitrogen and oxygen atoms in total. The lowest BCUT2D eigenvalue weighted by atomic mass is 9.96. The average molecular weight is 420 g/mol. The van der Waals surface area contributed by atoms with Gasteiger partial charge in [0.15, 0.2) is 0 Å². The topological polar surface area (TPSA) is 78.0 Å². The van der Waals surface area contributed by atoms with Crippen LogP contribution >= 0.6 is 0 Å². The summed E-state index contributed by atoms with van der Waals surface area (Å²) < 4.78 is 27.6. The number of likely N-dealkylation sites (tertiary alicyclic amines) is 1. The van der Waals surface area contributed by atoms with E-state index in [1.807, 2.05) is 12.1 Å². The third-order valence-corrected chi connectivity index (χ3v) is 8.37. The Labute approximate surface area is 172 Å². The highest BCUT2D eigenvalue weighted by atomic mass is 32.2. The fourth-order valence-corrected chi connectivity index (χ4v) is 6.20. The minimum atomic E-state index is -3.54. The maximum atomic E-state index is 13.1. The second-order valence-electron chi connectivity index (χ2n) is 8.32. The van der Waals surface area contributed by atoms with Crippen LogP contribution in [-0.2, 0) is 32.5 Å². The molecule has 2 heterocycles. The van der Waals surface area contributed by atoms with Gasteiger partial charge < -0.3 is 9.80 Å². The molecule has 0 bridgehead atoms. The lowest BCUT2D eigenvalue weighted by molar-refractivity contribution is -0.141. The van der Waals surface area contributed by atoms with Crippen molar-refractivity contribution in [1.29, 1.82) is 0 Å². The van der Waals surface area contributed by atoms with E-state index in [9.17, 15) is 18.0 Å². The van der Waals surface area contributed by atoms with Crippen molar-refractivity contribution in [3.05, 3.63) is 29.3 Å². The van der Waals surface area contributed by atoms with Crippen molar-refractivity contribution in [2.75, 3.05) is 39.3 Å². The Bertz CT molecular complexity index is 907. The van der Waals surface area contributed by atoms with Crippen LogP contribution < -0.4 is 0 Å². The number of carbonyl (C=O) groups is 2. The number of piperidine rings is 1. The van der Waals surface area contributed by atoms with Crippen LogP contribution in [0.2, 0.25) is 0 Å². The van der Waals surface area contributed by atoms with E-state index in [2.05, 4.69) is 0 Å². The number of piperazine rings is 1. The Morgan fingerprint density at radius 3 is 2.38 bits per heavy atom. The quantitative estimate of drug-likeness (QED) is 0.739. The molecule has 1 atom stereocenters. The van der Waals surface area contributed by atoms with Crippen LogP contribution in [0.3, 0.4) is 0 Å². The minimum Gasteiger partial charge on any atom is -0.342 e. The van der Waals surface area contributed by atoms with Crippen LogP contribution in [-0.4, -0.2) is 73.6 Å². The van der Waals surface area contributed by atoms with E-state index in [4.69, 9.17) is 0 Å². The minimum absolute atomic E-state index is 0.00718. The maximum absolute atomic E-state index is 13.1. The largest absolute Gasteiger partial charge is 0.342 e. The normalized spacial score (nSPS) is 23.1. The summed E-state index contributed by atoms with van der Waals surface area (Å²) in [5.41, 5.74) is 2.40. The zero-order valence-corrected chi connectivity index (χ0v) is 17.8. The van der Waals surface area contributed by atoms with E-state index in [0.29, 0.717) is 44.2 Å². The van der Waals surface area contributed by atoms with Gasteiger partial charge in [-0.1, -0.05) is 6.07 Å². The molecule has 0 aromatic heterocycles. The average Bonchev–Trinajstić information content (AvgIpc) is 3.21. The second-order valence-corrected chi connectivity index (χ2v) is 10.3. The molecule has 3 aliphatic rings. The molecule has 0 saturated carbocycles. The highest BCUT2D eigenvalue weighted by molar-refractivity contribution is 7.89. The van der Waals surface area contributed by atoms with E-state index in [1.54, 1.807) is 15.9 Å². The van der Waals surface area contributed by atoms with E-state index < -0.39 is 10.0 Å². The molecular formula is C21H29N3O4S. The number of benzene rings is 1. The molecule has 8 heteroatoms. The predicted molar refractivity (Wildman–Crippen MR) is 109 cm³/mol. The van der Waals surface area contributed by atoms with E-state index in [0.717, 1.165) is 37.7 Å². The number of carbonyl (C=O) groups excluding carboxylic acids is 2. The molecule has 158 valence electrons. The van der Waals surface area contributed by atoms with Crippen molar-refractivity contribution in [2.45, 2.75) is 43.9 Å². The zero-order valence-electron chi connectivity index (χ0n) is 17.0. The Morgan fingerprint density at radius 1 is 0.931 bits per heavy atom. The molecule has 2 aliphatic heterocycles. The first-order valence-electron chi connectivity index (χ1n) is 10.5. The smallest absolute Gasteiger partial charge is 0.243 e. The molecule has 2 fully saturated rings. The number of hydrogen-bond acceptors (Lipinski definition) is 4. The summed E-state index contributed by atoms with van der Waals surface area (Å²) in [7, 11) is -3.54. The van der Waals surface area contributed by atoms with E-state index in [1.165, 1.54) is 16.8 Å². The van der Waals surface area contributed by atoms with Crippen molar-refractivity contribution in [3.63, 3.8) is 0 Å². The number of fused-ring (bicyclic) bond motifs is 1. The number of amides is 2. The molecule has 1 aromatic carbocycles. The van der Waals surface area contributed by atoms with Crippen molar-refractivity contribution < 1.29 is 18.0 Å². The fourth-order valence-electron chi connectivity index (χ4n) is 4.73. The molecule has 4 rings (SSSR count). The number of rotatable bonds is 3. The summed E-state index contributed by atoms with van der Waals surface area (Å²) in [6.45, 7) is 4.16. The van der Waals surface area contributed by atoms with Crippen LogP contribution in [0.4, 0.5) is 0 Å². The Kier molecular flexibility index (Phi) is 5.66. The first kappa shape index (κ1) is 20.3. The van der Waals surface area contributed by atoms with Gasteiger partial charge in [-0.05, 0) is 55.4 Å². The maximum Gasteiger partial charge on any atom is 0.243 e. The van der Waals surface area contributed by atoms with Gasteiger partial charge in [0.1, 0.15) is 0 Å². The highest BCUT2D eigenvalue weighted by Gasteiger charge is 2.34. The van der Waals surface area contributed by atoms with Gasteiger partial charge in [0.25, 0.3) is 0 Å². The van der Waals surface area contributed by atoms with Gasteiger partial charge in [-0.25, -0.2) is 8.42 Å². The second kappa shape index (κ2) is 8.07. The first-order valence-corrected chi connectivity index (χ1v) is 12.0. The molecule has 1 aromatic rings. The van der Waals surface area contributed by atoms with Gasteiger partial charge in [-0.2, -0.15) is 4.31 Å². The molecule has 0 N–H and O–H groups in total. The molecule has 0 radical (unpaired) electrons. The number of sulfonamides is 1. The van der Waals surface area contributed by atoms with Crippen LogP contribution in [0.1, 0.15) is 37.3 Å². The SMILES string of the molecule is CC(=O)N1CCC[C@@H](C(=O)N2CCN(S(=O)(=O)c3ccc4c(c3)CCC4)CC2)C1. The summed E-state index contributed by atoms with van der Waals surface area (Å²) >= 11 is 0. The fraction of sp³-hybridized carbons (Fsp3) is 0.619. The van der Waals surface area contributed by atoms with Crippen LogP contribution in [0.25, 0.3) is 0 Å². The van der Waals surface area contributed by atoms with Crippen molar-refractivity contribution in [1.82, 2.24) is 14.1 Å². The van der Waals surface area contributed by atoms with E-state index in [-0.39, 0.29) is 17.7 Å². The summed E-state index contributed by atoms with van der Waals surface area (Å²) in [6.07, 6.45) is 4.68. The highest BCUT2D eigenvalue weighted by Crippen LogP contribution is 2.27. The van der Waals surface area contributed by atoms with Crippen molar-refractivity contribution in [2.24, 2.45) is 5.92 Å². The number of nitrogens with zero attached hydrogens (tertiary/aromatic N) is 3. The Balaban J connectivity index is 1.38. The zero-order chi connectivity index (χ0) is 20.6. The third-order valence-electron chi connectivity index (χ3n) is 6.47. The molecule has 2 amide bonds. The molecular weight excluding hydrogens is 390 g/mol. The Morgan fingerprint density at radius 2 is 1.66 bits per heavy atom. The number of hydrogen-bond donors (Lipinski definition) is 0. The van der Waals surface area contributed by atoms with Crippen LogP contribution in [0, 0.1) is 5.92 Å². The van der Waals surface area contributed by atoms with Crippen molar-refractivity contribution in [3.8, 4) is 0 Å². The van der Waals surface area contributed by atoms with Crippen LogP contribution in [0.15, 0.2) is 23.1 Å². The lowest BCUT2D eigenvalue weighted by Gasteiger charge is -2.38. The summed E-state index contributed by atoms with van der Waals surface area (Å²) in [4.78, 5) is 28.4. The summed E-state index contributed by atoms with van der Waals surface area (Å²) in [5.74, 6) is -0.120. The van der Waals surface area contributed by atoms with Crippen molar-refractivity contribution >= 4 is 21.8 Å². The predicted octanol–water partition coefficient (Wildman–Crippen LogP) is 1.27. The van der Waals surface area contributed by atoms with Gasteiger partial charge in [0.05, 0.1) is 10.8 Å². The van der Waals surface area contributed by atoms with Gasteiger partial charge in [-0.3, -0.25) is 9.59 Å². The number of aryl methyl sites for hydroxylation is 2. The lowest BCUT2D eigenvalue weighted by Crippen LogP contribution is -2.53. The first-order chi connectivity index (χ1) is 13.9. The Hall–Kier alpha value is -1.93. The summed E-state index contributed by atoms with van der Waals surface area (Å²) in [5, 5.41) is 0. The third kappa shape index (κ3) is 4.05. The molecule has 2 saturated heterocycles. The molecule has 0 spiro atoms.